The second-order valence-corrected chi connectivity index (χ2v) is 5.39. The maximum atomic E-state index is 11.8. The van der Waals surface area contributed by atoms with Crippen molar-refractivity contribution < 1.29 is 14.4 Å². The molecule has 2 aromatic carbocycles. The molecule has 0 spiro atoms. The summed E-state index contributed by atoms with van der Waals surface area (Å²) in [7, 11) is 0. The van der Waals surface area contributed by atoms with Crippen LogP contribution in [0.25, 0.3) is 0 Å². The second kappa shape index (κ2) is 7.61. The van der Waals surface area contributed by atoms with Gasteiger partial charge in [-0.1, -0.05) is 51.4 Å². The third kappa shape index (κ3) is 4.60. The molecule has 0 aromatic heterocycles. The Kier molecular flexibility index (Phi) is 5.55. The Morgan fingerprint density at radius 3 is 2.59 bits per heavy atom. The predicted octanol–water partition coefficient (Wildman–Crippen LogP) is 3.08. The number of nitrogens with zero attached hydrogens (tertiary/aromatic N) is 1. The molecule has 5 nitrogen and oxygen atoms in total. The molecule has 2 rings (SSSR count). The van der Waals surface area contributed by atoms with E-state index in [2.05, 4.69) is 21.1 Å². The molecular formula is C16H15BrN2O3. The number of hydrogen-bond donors (Lipinski definition) is 1. The summed E-state index contributed by atoms with van der Waals surface area (Å²) in [6.07, 6.45) is -0.790. The fraction of sp³-hybridized carbons (Fsp3) is 0.125. The highest BCUT2D eigenvalue weighted by molar-refractivity contribution is 9.10. The predicted molar refractivity (Wildman–Crippen MR) is 87.5 cm³/mol. The Hall–Kier alpha value is -2.34. The molecule has 1 atom stereocenters. The highest BCUT2D eigenvalue weighted by atomic mass is 79.9. The molecule has 0 fully saturated rings. The van der Waals surface area contributed by atoms with Crippen molar-refractivity contribution in [2.45, 2.75) is 13.0 Å². The molecule has 22 heavy (non-hydrogen) atoms. The van der Waals surface area contributed by atoms with Crippen molar-refractivity contribution in [1.29, 1.82) is 0 Å². The first-order valence-electron chi connectivity index (χ1n) is 6.58. The fourth-order valence-corrected chi connectivity index (χ4v) is 2.02. The van der Waals surface area contributed by atoms with Crippen LogP contribution in [0.1, 0.15) is 12.5 Å². The highest BCUT2D eigenvalue weighted by Crippen LogP contribution is 2.13. The van der Waals surface area contributed by atoms with E-state index in [4.69, 9.17) is 15.3 Å². The van der Waals surface area contributed by atoms with Crippen LogP contribution in [0.4, 0.5) is 0 Å². The molecule has 2 aromatic rings. The van der Waals surface area contributed by atoms with E-state index in [0.29, 0.717) is 11.3 Å². The molecule has 1 unspecified atom stereocenters. The molecule has 114 valence electrons. The van der Waals surface area contributed by atoms with Gasteiger partial charge in [0, 0.05) is 10.0 Å². The molecule has 0 saturated heterocycles. The summed E-state index contributed by atoms with van der Waals surface area (Å²) in [6.45, 7) is 1.58. The third-order valence-corrected chi connectivity index (χ3v) is 3.24. The maximum Gasteiger partial charge on any atom is 0.374 e. The van der Waals surface area contributed by atoms with Gasteiger partial charge in [0.05, 0.1) is 0 Å². The molecule has 0 aliphatic carbocycles. The van der Waals surface area contributed by atoms with E-state index in [-0.39, 0.29) is 5.84 Å². The average Bonchev–Trinajstić information content (AvgIpc) is 2.53. The Balaban J connectivity index is 1.95. The third-order valence-electron chi connectivity index (χ3n) is 2.74. The Morgan fingerprint density at radius 1 is 1.18 bits per heavy atom. The van der Waals surface area contributed by atoms with E-state index in [9.17, 15) is 4.79 Å². The van der Waals surface area contributed by atoms with Crippen molar-refractivity contribution in [2.24, 2.45) is 10.9 Å². The van der Waals surface area contributed by atoms with Gasteiger partial charge in [-0.25, -0.2) is 4.79 Å². The zero-order valence-corrected chi connectivity index (χ0v) is 13.5. The summed E-state index contributed by atoms with van der Waals surface area (Å²) in [6, 6.07) is 16.2. The van der Waals surface area contributed by atoms with Gasteiger partial charge >= 0.3 is 5.97 Å². The minimum atomic E-state index is -0.790. The number of ether oxygens (including phenoxy) is 1. The fourth-order valence-electron chi connectivity index (χ4n) is 1.62. The van der Waals surface area contributed by atoms with Crippen LogP contribution in [0.15, 0.2) is 64.2 Å². The molecule has 0 heterocycles. The molecule has 0 amide bonds. The maximum absolute atomic E-state index is 11.8. The van der Waals surface area contributed by atoms with E-state index >= 15 is 0 Å². The van der Waals surface area contributed by atoms with Gasteiger partial charge in [0.15, 0.2) is 11.9 Å². The zero-order valence-electron chi connectivity index (χ0n) is 11.9. The van der Waals surface area contributed by atoms with Crippen molar-refractivity contribution in [2.75, 3.05) is 0 Å². The van der Waals surface area contributed by atoms with Crippen LogP contribution < -0.4 is 10.5 Å². The quantitative estimate of drug-likeness (QED) is 0.384. The Labute approximate surface area is 136 Å². The second-order valence-electron chi connectivity index (χ2n) is 4.47. The number of carbonyl (C=O) groups excluding carboxylic acids is 1. The van der Waals surface area contributed by atoms with Gasteiger partial charge in [0.1, 0.15) is 5.75 Å². The first-order valence-corrected chi connectivity index (χ1v) is 7.37. The van der Waals surface area contributed by atoms with Gasteiger partial charge in [-0.05, 0) is 31.2 Å². The molecule has 0 aliphatic rings. The summed E-state index contributed by atoms with van der Waals surface area (Å²) in [4.78, 5) is 16.6. The van der Waals surface area contributed by atoms with Crippen molar-refractivity contribution in [1.82, 2.24) is 0 Å². The number of hydrogen-bond acceptors (Lipinski definition) is 4. The zero-order chi connectivity index (χ0) is 15.9. The lowest BCUT2D eigenvalue weighted by Gasteiger charge is -2.11. The number of halogens is 1. The first-order chi connectivity index (χ1) is 10.6. The molecule has 2 N–H and O–H groups in total. The van der Waals surface area contributed by atoms with E-state index in [1.807, 2.05) is 30.3 Å². The summed E-state index contributed by atoms with van der Waals surface area (Å²) < 4.78 is 6.30. The van der Waals surface area contributed by atoms with E-state index in [1.54, 1.807) is 31.2 Å². The van der Waals surface area contributed by atoms with Crippen LogP contribution in [0.2, 0.25) is 0 Å². The van der Waals surface area contributed by atoms with Crippen LogP contribution in [-0.4, -0.2) is 17.9 Å². The summed E-state index contributed by atoms with van der Waals surface area (Å²) in [5.74, 6) is 0.0688. The van der Waals surface area contributed by atoms with E-state index < -0.39 is 12.1 Å². The van der Waals surface area contributed by atoms with Gasteiger partial charge in [-0.2, -0.15) is 0 Å². The largest absolute Gasteiger partial charge is 0.479 e. The van der Waals surface area contributed by atoms with Gasteiger partial charge in [-0.3, -0.25) is 0 Å². The van der Waals surface area contributed by atoms with Crippen molar-refractivity contribution in [3.63, 3.8) is 0 Å². The molecule has 0 radical (unpaired) electrons. The number of nitrogens with two attached hydrogens (primary N) is 1. The number of carbonyl (C=O) groups is 1. The number of benzene rings is 2. The number of amidine groups is 1. The minimum absolute atomic E-state index is 0.113. The van der Waals surface area contributed by atoms with Crippen molar-refractivity contribution in [3.8, 4) is 5.75 Å². The lowest BCUT2D eigenvalue weighted by molar-refractivity contribution is -0.151. The average molecular weight is 363 g/mol. The van der Waals surface area contributed by atoms with Crippen LogP contribution in [0.3, 0.4) is 0 Å². The Bertz CT molecular complexity index is 674. The van der Waals surface area contributed by atoms with Crippen LogP contribution >= 0.6 is 15.9 Å². The van der Waals surface area contributed by atoms with Crippen molar-refractivity contribution in [3.05, 3.63) is 64.6 Å². The van der Waals surface area contributed by atoms with E-state index in [0.717, 1.165) is 4.47 Å². The van der Waals surface area contributed by atoms with Gasteiger partial charge in [0.2, 0.25) is 0 Å². The van der Waals surface area contributed by atoms with E-state index in [1.165, 1.54) is 0 Å². The summed E-state index contributed by atoms with van der Waals surface area (Å²) in [5, 5.41) is 3.64. The number of rotatable bonds is 5. The van der Waals surface area contributed by atoms with Gasteiger partial charge < -0.3 is 15.3 Å². The molecule has 6 heteroatoms. The molecule has 0 saturated carbocycles. The standard InChI is InChI=1S/C16H15BrN2O3/c1-11(21-14-8-3-2-4-9-14)16(20)22-19-15(18)12-6-5-7-13(17)10-12/h2-11H,1H3,(H2,18,19). The molecular weight excluding hydrogens is 348 g/mol. The van der Waals surface area contributed by atoms with Crippen LogP contribution in [0, 0.1) is 0 Å². The lowest BCUT2D eigenvalue weighted by atomic mass is 10.2. The molecule has 0 bridgehead atoms. The molecule has 0 aliphatic heterocycles. The van der Waals surface area contributed by atoms with Gasteiger partial charge in [-0.15, -0.1) is 0 Å². The van der Waals surface area contributed by atoms with Crippen LogP contribution in [0.5, 0.6) is 5.75 Å². The SMILES string of the molecule is CC(Oc1ccccc1)C(=O)ON=C(N)c1cccc(Br)c1. The monoisotopic (exact) mass is 362 g/mol. The number of para-hydroxylation sites is 1. The topological polar surface area (TPSA) is 73.9 Å². The lowest BCUT2D eigenvalue weighted by Crippen LogP contribution is -2.26. The Morgan fingerprint density at radius 2 is 1.91 bits per heavy atom. The summed E-state index contributed by atoms with van der Waals surface area (Å²) >= 11 is 3.33. The highest BCUT2D eigenvalue weighted by Gasteiger charge is 2.17. The smallest absolute Gasteiger partial charge is 0.374 e. The normalized spacial score (nSPS) is 12.5. The summed E-state index contributed by atoms with van der Waals surface area (Å²) in [5.41, 5.74) is 6.43. The van der Waals surface area contributed by atoms with Crippen molar-refractivity contribution >= 4 is 27.7 Å². The van der Waals surface area contributed by atoms with Gasteiger partial charge in [0.25, 0.3) is 0 Å². The first kappa shape index (κ1) is 16.0. The number of oxime groups is 1. The van der Waals surface area contributed by atoms with Crippen LogP contribution in [-0.2, 0) is 9.63 Å². The minimum Gasteiger partial charge on any atom is -0.479 e.